The summed E-state index contributed by atoms with van der Waals surface area (Å²) in [6.45, 7) is 6.00. The van der Waals surface area contributed by atoms with E-state index < -0.39 is 0 Å². The van der Waals surface area contributed by atoms with Crippen LogP contribution in [0.25, 0.3) is 0 Å². The molecule has 0 nitrogen and oxygen atoms in total. The van der Waals surface area contributed by atoms with Crippen LogP contribution in [0.3, 0.4) is 0 Å². The van der Waals surface area contributed by atoms with Gasteiger partial charge < -0.3 is 0 Å². The summed E-state index contributed by atoms with van der Waals surface area (Å²) in [5.74, 6) is 6.61. The Bertz CT molecular complexity index is 216. The van der Waals surface area contributed by atoms with Gasteiger partial charge in [0.15, 0.2) is 0 Å². The molecule has 0 saturated carbocycles. The molecule has 0 spiro atoms. The summed E-state index contributed by atoms with van der Waals surface area (Å²) in [5, 5.41) is 0. The van der Waals surface area contributed by atoms with Gasteiger partial charge in [0.2, 0.25) is 0 Å². The Labute approximate surface area is 115 Å². The fraction of sp³-hybridized carbons (Fsp3) is 0.778. The molecular weight excluding hydrogens is 216 g/mol. The molecule has 0 aromatic rings. The molecule has 0 aromatic carbocycles. The smallest absolute Gasteiger partial charge is 0.00886 e. The van der Waals surface area contributed by atoms with E-state index in [1.165, 1.54) is 64.2 Å². The molecule has 104 valence electrons. The lowest BCUT2D eigenvalue weighted by Crippen LogP contribution is -1.79. The van der Waals surface area contributed by atoms with Gasteiger partial charge in [-0.25, -0.2) is 0 Å². The number of unbranched alkanes of at least 4 members (excludes halogenated alkanes) is 11. The Morgan fingerprint density at radius 2 is 1.22 bits per heavy atom. The van der Waals surface area contributed by atoms with Gasteiger partial charge in [-0.2, -0.15) is 0 Å². The van der Waals surface area contributed by atoms with Gasteiger partial charge in [-0.3, -0.25) is 0 Å². The van der Waals surface area contributed by atoms with Gasteiger partial charge in [-0.15, -0.1) is 18.4 Å². The summed E-state index contributed by atoms with van der Waals surface area (Å²) in [7, 11) is 0. The first-order chi connectivity index (χ1) is 8.91. The molecule has 0 saturated heterocycles. The van der Waals surface area contributed by atoms with E-state index in [0.29, 0.717) is 0 Å². The van der Waals surface area contributed by atoms with Crippen molar-refractivity contribution in [2.24, 2.45) is 0 Å². The first kappa shape index (κ1) is 17.3. The van der Waals surface area contributed by atoms with Crippen LogP contribution in [0.15, 0.2) is 12.7 Å². The topological polar surface area (TPSA) is 0 Å². The van der Waals surface area contributed by atoms with Crippen LogP contribution in [0.5, 0.6) is 0 Å². The van der Waals surface area contributed by atoms with E-state index in [9.17, 15) is 0 Å². The molecule has 0 bridgehead atoms. The van der Waals surface area contributed by atoms with Crippen LogP contribution in [0.2, 0.25) is 0 Å². The first-order valence-electron chi connectivity index (χ1n) is 7.98. The second kappa shape index (κ2) is 16.3. The number of allylic oxidation sites excluding steroid dienone is 1. The maximum Gasteiger partial charge on any atom is 0.00886 e. The van der Waals surface area contributed by atoms with Crippen molar-refractivity contribution in [1.82, 2.24) is 0 Å². The fourth-order valence-electron chi connectivity index (χ4n) is 2.03. The molecule has 0 heterocycles. The zero-order valence-corrected chi connectivity index (χ0v) is 12.5. The predicted molar refractivity (Wildman–Crippen MR) is 83.7 cm³/mol. The molecule has 0 rings (SSSR count). The van der Waals surface area contributed by atoms with Gasteiger partial charge in [0, 0.05) is 12.8 Å². The highest BCUT2D eigenvalue weighted by Crippen LogP contribution is 2.08. The monoisotopic (exact) mass is 248 g/mol. The third kappa shape index (κ3) is 15.3. The molecular formula is C18H32. The molecule has 0 N–H and O–H groups in total. The lowest BCUT2D eigenvalue weighted by molar-refractivity contribution is 0.594. The number of hydrogen-bond acceptors (Lipinski definition) is 0. The van der Waals surface area contributed by atoms with Gasteiger partial charge >= 0.3 is 0 Å². The Kier molecular flexibility index (Phi) is 15.7. The highest BCUT2D eigenvalue weighted by molar-refractivity contribution is 4.98. The van der Waals surface area contributed by atoms with Gasteiger partial charge in [-0.05, 0) is 25.7 Å². The molecule has 18 heavy (non-hydrogen) atoms. The summed E-state index contributed by atoms with van der Waals surface area (Å²) in [4.78, 5) is 0. The molecule has 0 unspecified atom stereocenters. The highest BCUT2D eigenvalue weighted by atomic mass is 13.9. The van der Waals surface area contributed by atoms with Crippen LogP contribution in [0.1, 0.15) is 90.4 Å². The van der Waals surface area contributed by atoms with Crippen molar-refractivity contribution in [2.45, 2.75) is 90.4 Å². The van der Waals surface area contributed by atoms with Crippen molar-refractivity contribution in [3.8, 4) is 11.8 Å². The minimum Gasteiger partial charge on any atom is -0.103 e. The SMILES string of the molecule is C=CCCCCCC#CCCCCCCCCC. The predicted octanol–water partition coefficient (Wildman–Crippen LogP) is 6.27. The summed E-state index contributed by atoms with van der Waals surface area (Å²) in [5.41, 5.74) is 0. The summed E-state index contributed by atoms with van der Waals surface area (Å²) in [6.07, 6.45) is 18.9. The summed E-state index contributed by atoms with van der Waals surface area (Å²) < 4.78 is 0. The fourth-order valence-corrected chi connectivity index (χ4v) is 2.03. The molecule has 0 amide bonds. The van der Waals surface area contributed by atoms with E-state index in [1.807, 2.05) is 6.08 Å². The molecule has 0 atom stereocenters. The Morgan fingerprint density at radius 1 is 0.722 bits per heavy atom. The zero-order chi connectivity index (χ0) is 13.3. The Hall–Kier alpha value is -0.700. The van der Waals surface area contributed by atoms with Gasteiger partial charge in [0.1, 0.15) is 0 Å². The normalized spacial score (nSPS) is 9.83. The third-order valence-electron chi connectivity index (χ3n) is 3.24. The van der Waals surface area contributed by atoms with Gasteiger partial charge in [0.25, 0.3) is 0 Å². The van der Waals surface area contributed by atoms with Crippen molar-refractivity contribution < 1.29 is 0 Å². The molecule has 0 aliphatic carbocycles. The van der Waals surface area contributed by atoms with Crippen molar-refractivity contribution >= 4 is 0 Å². The van der Waals surface area contributed by atoms with Crippen LogP contribution in [-0.2, 0) is 0 Å². The van der Waals surface area contributed by atoms with Crippen LogP contribution in [0.4, 0.5) is 0 Å². The molecule has 0 aromatic heterocycles. The molecule has 0 radical (unpaired) electrons. The first-order valence-corrected chi connectivity index (χ1v) is 7.98. The van der Waals surface area contributed by atoms with Gasteiger partial charge in [-0.1, -0.05) is 57.9 Å². The Balaban J connectivity index is 3.07. The van der Waals surface area contributed by atoms with Gasteiger partial charge in [0.05, 0.1) is 0 Å². The van der Waals surface area contributed by atoms with Crippen molar-refractivity contribution in [2.75, 3.05) is 0 Å². The number of hydrogen-bond donors (Lipinski definition) is 0. The largest absolute Gasteiger partial charge is 0.103 e. The second-order valence-corrected chi connectivity index (χ2v) is 5.11. The van der Waals surface area contributed by atoms with E-state index >= 15 is 0 Å². The van der Waals surface area contributed by atoms with Crippen LogP contribution in [0, 0.1) is 11.8 Å². The standard InChI is InChI=1S/C18H32/c1-3-5-7-9-11-13-15-17-18-16-14-12-10-8-6-4-2/h3H,1,4-14,16,18H2,2H3. The lowest BCUT2D eigenvalue weighted by Gasteiger charge is -1.98. The molecule has 0 aliphatic heterocycles. The second-order valence-electron chi connectivity index (χ2n) is 5.11. The molecule has 0 fully saturated rings. The highest BCUT2D eigenvalue weighted by Gasteiger charge is 1.89. The van der Waals surface area contributed by atoms with E-state index in [2.05, 4.69) is 25.3 Å². The Morgan fingerprint density at radius 3 is 1.78 bits per heavy atom. The van der Waals surface area contributed by atoms with Crippen molar-refractivity contribution in [3.05, 3.63) is 12.7 Å². The quantitative estimate of drug-likeness (QED) is 0.217. The van der Waals surface area contributed by atoms with Crippen LogP contribution in [-0.4, -0.2) is 0 Å². The minimum atomic E-state index is 1.09. The maximum atomic E-state index is 3.73. The average molecular weight is 248 g/mol. The third-order valence-corrected chi connectivity index (χ3v) is 3.24. The summed E-state index contributed by atoms with van der Waals surface area (Å²) >= 11 is 0. The van der Waals surface area contributed by atoms with Crippen LogP contribution < -0.4 is 0 Å². The van der Waals surface area contributed by atoms with Crippen molar-refractivity contribution in [1.29, 1.82) is 0 Å². The average Bonchev–Trinajstić information content (AvgIpc) is 2.39. The molecule has 0 heteroatoms. The maximum absolute atomic E-state index is 3.73. The number of rotatable bonds is 12. The van der Waals surface area contributed by atoms with E-state index in [-0.39, 0.29) is 0 Å². The zero-order valence-electron chi connectivity index (χ0n) is 12.5. The van der Waals surface area contributed by atoms with E-state index in [1.54, 1.807) is 0 Å². The van der Waals surface area contributed by atoms with E-state index in [4.69, 9.17) is 0 Å². The lowest BCUT2D eigenvalue weighted by atomic mass is 10.1. The van der Waals surface area contributed by atoms with Crippen molar-refractivity contribution in [3.63, 3.8) is 0 Å². The van der Waals surface area contributed by atoms with E-state index in [0.717, 1.165) is 19.3 Å². The van der Waals surface area contributed by atoms with Crippen LogP contribution >= 0.6 is 0 Å². The molecule has 0 aliphatic rings. The summed E-state index contributed by atoms with van der Waals surface area (Å²) in [6, 6.07) is 0. The minimum absolute atomic E-state index is 1.09.